The molecule has 20 heavy (non-hydrogen) atoms. The molecule has 1 heterocycles. The highest BCUT2D eigenvalue weighted by Gasteiger charge is 2.65. The number of amides is 1. The standard InChI is InChI=1S/C14H21N3O3/c1-5-9-8(7-17(4)16-9)6-15-12(18)10-11(13(19)20)14(10,2)3/h7,10-11H,5-6H2,1-4H3,(H,15,18)(H,19,20). The zero-order chi connectivity index (χ0) is 15.1. The van der Waals surface area contributed by atoms with Gasteiger partial charge in [0, 0.05) is 25.4 Å². The lowest BCUT2D eigenvalue weighted by molar-refractivity contribution is -0.140. The molecule has 1 aliphatic carbocycles. The topological polar surface area (TPSA) is 84.2 Å². The Hall–Kier alpha value is -1.85. The second-order valence-electron chi connectivity index (χ2n) is 5.96. The van der Waals surface area contributed by atoms with Crippen molar-refractivity contribution in [2.45, 2.75) is 33.7 Å². The number of carboxylic acids is 1. The van der Waals surface area contributed by atoms with E-state index < -0.39 is 23.2 Å². The molecule has 2 N–H and O–H groups in total. The summed E-state index contributed by atoms with van der Waals surface area (Å²) >= 11 is 0. The Morgan fingerprint density at radius 2 is 2.10 bits per heavy atom. The van der Waals surface area contributed by atoms with Crippen molar-refractivity contribution in [2.24, 2.45) is 24.3 Å². The lowest BCUT2D eigenvalue weighted by Crippen LogP contribution is -2.27. The lowest BCUT2D eigenvalue weighted by Gasteiger charge is -2.05. The van der Waals surface area contributed by atoms with Gasteiger partial charge in [-0.05, 0) is 11.8 Å². The third-order valence-electron chi connectivity index (χ3n) is 4.16. The van der Waals surface area contributed by atoms with Gasteiger partial charge < -0.3 is 10.4 Å². The van der Waals surface area contributed by atoms with Crippen LogP contribution in [0.3, 0.4) is 0 Å². The summed E-state index contributed by atoms with van der Waals surface area (Å²) in [4.78, 5) is 23.2. The fraction of sp³-hybridized carbons (Fsp3) is 0.643. The first-order valence-electron chi connectivity index (χ1n) is 6.81. The summed E-state index contributed by atoms with van der Waals surface area (Å²) in [5, 5.41) is 16.2. The van der Waals surface area contributed by atoms with Gasteiger partial charge in [0.1, 0.15) is 0 Å². The van der Waals surface area contributed by atoms with Gasteiger partial charge in [0.25, 0.3) is 0 Å². The maximum Gasteiger partial charge on any atom is 0.307 e. The number of carbonyl (C=O) groups is 2. The number of carbonyl (C=O) groups excluding carboxylic acids is 1. The first-order valence-corrected chi connectivity index (χ1v) is 6.81. The molecule has 2 rings (SSSR count). The molecule has 0 aliphatic heterocycles. The predicted octanol–water partition coefficient (Wildman–Crippen LogP) is 0.955. The molecule has 110 valence electrons. The van der Waals surface area contributed by atoms with Crippen LogP contribution >= 0.6 is 0 Å². The molecule has 1 fully saturated rings. The molecule has 0 aromatic carbocycles. The van der Waals surface area contributed by atoms with Crippen LogP contribution in [-0.2, 0) is 29.6 Å². The SMILES string of the molecule is CCc1nn(C)cc1CNC(=O)C1C(C(=O)O)C1(C)C. The first-order chi connectivity index (χ1) is 9.28. The van der Waals surface area contributed by atoms with Gasteiger partial charge in [-0.1, -0.05) is 20.8 Å². The summed E-state index contributed by atoms with van der Waals surface area (Å²) in [7, 11) is 1.84. The molecule has 0 bridgehead atoms. The molecule has 6 nitrogen and oxygen atoms in total. The Morgan fingerprint density at radius 3 is 2.60 bits per heavy atom. The monoisotopic (exact) mass is 279 g/mol. The normalized spacial score (nSPS) is 23.4. The van der Waals surface area contributed by atoms with E-state index in [4.69, 9.17) is 5.11 Å². The molecule has 0 spiro atoms. The quantitative estimate of drug-likeness (QED) is 0.840. The Balaban J connectivity index is 1.98. The Kier molecular flexibility index (Phi) is 3.58. The van der Waals surface area contributed by atoms with Crippen LogP contribution in [0.4, 0.5) is 0 Å². The molecule has 0 saturated heterocycles. The highest BCUT2D eigenvalue weighted by atomic mass is 16.4. The van der Waals surface area contributed by atoms with Crippen molar-refractivity contribution in [3.05, 3.63) is 17.5 Å². The van der Waals surface area contributed by atoms with Crippen LogP contribution in [0.2, 0.25) is 0 Å². The average Bonchev–Trinajstić information content (AvgIpc) is 2.76. The van der Waals surface area contributed by atoms with Gasteiger partial charge in [0.15, 0.2) is 0 Å². The van der Waals surface area contributed by atoms with Crippen LogP contribution in [0.1, 0.15) is 32.0 Å². The van der Waals surface area contributed by atoms with Gasteiger partial charge in [0.2, 0.25) is 5.91 Å². The summed E-state index contributed by atoms with van der Waals surface area (Å²) in [5.74, 6) is -2.11. The van der Waals surface area contributed by atoms with E-state index in [1.807, 2.05) is 34.0 Å². The molecule has 6 heteroatoms. The number of carboxylic acid groups (broad SMARTS) is 1. The number of hydrogen-bond donors (Lipinski definition) is 2. The Bertz CT molecular complexity index is 548. The summed E-state index contributed by atoms with van der Waals surface area (Å²) < 4.78 is 1.72. The highest BCUT2D eigenvalue weighted by Crippen LogP contribution is 2.58. The van der Waals surface area contributed by atoms with E-state index in [0.717, 1.165) is 17.7 Å². The van der Waals surface area contributed by atoms with E-state index in [9.17, 15) is 9.59 Å². The first kappa shape index (κ1) is 14.6. The molecular weight excluding hydrogens is 258 g/mol. The summed E-state index contributed by atoms with van der Waals surface area (Å²) in [6.45, 7) is 6.04. The van der Waals surface area contributed by atoms with Crippen molar-refractivity contribution < 1.29 is 14.7 Å². The van der Waals surface area contributed by atoms with Crippen molar-refractivity contribution >= 4 is 11.9 Å². The Morgan fingerprint density at radius 1 is 1.45 bits per heavy atom. The van der Waals surface area contributed by atoms with E-state index in [1.54, 1.807) is 4.68 Å². The van der Waals surface area contributed by atoms with E-state index >= 15 is 0 Å². The van der Waals surface area contributed by atoms with Crippen LogP contribution in [0, 0.1) is 17.3 Å². The van der Waals surface area contributed by atoms with Crippen molar-refractivity contribution in [3.63, 3.8) is 0 Å². The minimum atomic E-state index is -0.897. The van der Waals surface area contributed by atoms with Crippen LogP contribution in [0.5, 0.6) is 0 Å². The smallest absolute Gasteiger partial charge is 0.307 e. The minimum Gasteiger partial charge on any atom is -0.481 e. The largest absolute Gasteiger partial charge is 0.481 e. The van der Waals surface area contributed by atoms with E-state index in [1.165, 1.54) is 0 Å². The van der Waals surface area contributed by atoms with Gasteiger partial charge >= 0.3 is 5.97 Å². The van der Waals surface area contributed by atoms with Crippen LogP contribution in [-0.4, -0.2) is 26.8 Å². The second kappa shape index (κ2) is 4.92. The van der Waals surface area contributed by atoms with Crippen molar-refractivity contribution in [1.29, 1.82) is 0 Å². The van der Waals surface area contributed by atoms with Gasteiger partial charge in [-0.15, -0.1) is 0 Å². The molecule has 1 aliphatic rings. The fourth-order valence-electron chi connectivity index (χ4n) is 2.91. The molecule has 1 aromatic rings. The zero-order valence-electron chi connectivity index (χ0n) is 12.3. The number of aliphatic carboxylic acids is 1. The molecule has 1 saturated carbocycles. The van der Waals surface area contributed by atoms with Crippen LogP contribution < -0.4 is 5.32 Å². The average molecular weight is 279 g/mol. The van der Waals surface area contributed by atoms with Gasteiger partial charge in [0.05, 0.1) is 17.5 Å². The third-order valence-corrected chi connectivity index (χ3v) is 4.16. The van der Waals surface area contributed by atoms with Gasteiger partial charge in [-0.25, -0.2) is 0 Å². The molecule has 0 radical (unpaired) electrons. The van der Waals surface area contributed by atoms with Crippen molar-refractivity contribution in [3.8, 4) is 0 Å². The number of nitrogens with one attached hydrogen (secondary N) is 1. The molecule has 1 amide bonds. The maximum absolute atomic E-state index is 12.1. The zero-order valence-corrected chi connectivity index (χ0v) is 12.3. The van der Waals surface area contributed by atoms with Crippen molar-refractivity contribution in [1.82, 2.24) is 15.1 Å². The summed E-state index contributed by atoms with van der Waals surface area (Å²) in [6.07, 6.45) is 2.69. The fourth-order valence-corrected chi connectivity index (χ4v) is 2.91. The third kappa shape index (κ3) is 2.42. The molecule has 2 unspecified atom stereocenters. The molecule has 1 aromatic heterocycles. The lowest BCUT2D eigenvalue weighted by atomic mass is 10.1. The van der Waals surface area contributed by atoms with E-state index in [0.29, 0.717) is 6.54 Å². The van der Waals surface area contributed by atoms with Crippen LogP contribution in [0.15, 0.2) is 6.20 Å². The number of rotatable bonds is 5. The summed E-state index contributed by atoms with van der Waals surface area (Å²) in [6, 6.07) is 0. The minimum absolute atomic E-state index is 0.187. The van der Waals surface area contributed by atoms with Crippen LogP contribution in [0.25, 0.3) is 0 Å². The highest BCUT2D eigenvalue weighted by molar-refractivity contribution is 5.91. The van der Waals surface area contributed by atoms with Gasteiger partial charge in [-0.2, -0.15) is 5.10 Å². The van der Waals surface area contributed by atoms with E-state index in [-0.39, 0.29) is 5.91 Å². The molecule has 2 atom stereocenters. The molecular formula is C14H21N3O3. The summed E-state index contributed by atoms with van der Waals surface area (Å²) in [5.41, 5.74) is 1.48. The maximum atomic E-state index is 12.1. The number of nitrogens with zero attached hydrogens (tertiary/aromatic N) is 2. The number of hydrogen-bond acceptors (Lipinski definition) is 3. The van der Waals surface area contributed by atoms with E-state index in [2.05, 4.69) is 10.4 Å². The predicted molar refractivity (Wildman–Crippen MR) is 72.8 cm³/mol. The second-order valence-corrected chi connectivity index (χ2v) is 5.96. The number of aryl methyl sites for hydroxylation is 2. The van der Waals surface area contributed by atoms with Crippen molar-refractivity contribution in [2.75, 3.05) is 0 Å². The number of aromatic nitrogens is 2. The Labute approximate surface area is 118 Å². The van der Waals surface area contributed by atoms with Gasteiger partial charge in [-0.3, -0.25) is 14.3 Å².